The van der Waals surface area contributed by atoms with Crippen molar-refractivity contribution >= 4 is 6.29 Å². The Kier molecular flexibility index (Phi) is 2.42. The second-order valence-corrected chi connectivity index (χ2v) is 6.27. The molecule has 2 aliphatic carbocycles. The molecule has 2 fully saturated rings. The number of fused-ring (bicyclic) bond motifs is 1. The van der Waals surface area contributed by atoms with Gasteiger partial charge in [0.1, 0.15) is 12.0 Å². The van der Waals surface area contributed by atoms with Gasteiger partial charge in [0, 0.05) is 5.92 Å². The predicted octanol–water partition coefficient (Wildman–Crippen LogP) is 3.24. The maximum absolute atomic E-state index is 11.1. The minimum Gasteiger partial charge on any atom is -0.497 e. The molecule has 0 aromatic heterocycles. The summed E-state index contributed by atoms with van der Waals surface area (Å²) in [5.41, 5.74) is 2.55. The Labute approximate surface area is 103 Å². The third-order valence-electron chi connectivity index (χ3n) is 4.50. The number of hydrogen-bond donors (Lipinski definition) is 0. The van der Waals surface area contributed by atoms with Crippen LogP contribution in [0.2, 0.25) is 0 Å². The second kappa shape index (κ2) is 3.72. The quantitative estimate of drug-likeness (QED) is 0.683. The van der Waals surface area contributed by atoms with Crippen LogP contribution in [0.4, 0.5) is 0 Å². The zero-order valence-electron chi connectivity index (χ0n) is 10.7. The van der Waals surface area contributed by atoms with Gasteiger partial charge < -0.3 is 4.74 Å². The summed E-state index contributed by atoms with van der Waals surface area (Å²) in [7, 11) is 0. The van der Waals surface area contributed by atoms with E-state index < -0.39 is 0 Å². The third kappa shape index (κ3) is 1.84. The lowest BCUT2D eigenvalue weighted by atomic mass is 9.68. The summed E-state index contributed by atoms with van der Waals surface area (Å²) in [6, 6.07) is 0. The molecule has 0 spiro atoms. The maximum Gasteiger partial charge on any atom is 0.146 e. The Hall–Kier alpha value is -1.05. The highest BCUT2D eigenvalue weighted by atomic mass is 16.5. The molecule has 1 saturated heterocycles. The molecule has 1 saturated carbocycles. The molecule has 3 aliphatic rings. The fraction of sp³-hybridized carbons (Fsp3) is 0.667. The molecule has 17 heavy (non-hydrogen) atoms. The van der Waals surface area contributed by atoms with Gasteiger partial charge in [-0.05, 0) is 54.2 Å². The van der Waals surface area contributed by atoms with Crippen LogP contribution >= 0.6 is 0 Å². The van der Waals surface area contributed by atoms with E-state index in [0.717, 1.165) is 31.3 Å². The van der Waals surface area contributed by atoms with E-state index in [0.29, 0.717) is 11.8 Å². The molecule has 2 heteroatoms. The van der Waals surface area contributed by atoms with Crippen molar-refractivity contribution in [3.8, 4) is 0 Å². The Balaban J connectivity index is 2.03. The van der Waals surface area contributed by atoms with Crippen LogP contribution in [0.1, 0.15) is 39.5 Å². The van der Waals surface area contributed by atoms with Crippen molar-refractivity contribution in [2.24, 2.45) is 17.3 Å². The van der Waals surface area contributed by atoms with Gasteiger partial charge in [-0.25, -0.2) is 0 Å². The molecule has 0 bridgehead atoms. The highest BCUT2D eigenvalue weighted by Gasteiger charge is 2.43. The van der Waals surface area contributed by atoms with Crippen molar-refractivity contribution < 1.29 is 9.53 Å². The summed E-state index contributed by atoms with van der Waals surface area (Å²) in [5.74, 6) is 2.28. The van der Waals surface area contributed by atoms with Gasteiger partial charge in [0.2, 0.25) is 0 Å². The van der Waals surface area contributed by atoms with Crippen molar-refractivity contribution in [3.63, 3.8) is 0 Å². The van der Waals surface area contributed by atoms with E-state index >= 15 is 0 Å². The topological polar surface area (TPSA) is 26.3 Å². The number of allylic oxidation sites excluding steroid dienone is 4. The Bertz CT molecular complexity index is 411. The molecule has 0 aromatic carbocycles. The molecule has 2 nitrogen and oxygen atoms in total. The van der Waals surface area contributed by atoms with Crippen LogP contribution in [0.3, 0.4) is 0 Å². The average Bonchev–Trinajstić information content (AvgIpc) is 3.12. The minimum absolute atomic E-state index is 0.260. The summed E-state index contributed by atoms with van der Waals surface area (Å²) < 4.78 is 5.94. The Morgan fingerprint density at radius 1 is 1.41 bits per heavy atom. The fourth-order valence-electron chi connectivity index (χ4n) is 3.07. The van der Waals surface area contributed by atoms with E-state index in [2.05, 4.69) is 19.9 Å². The number of carbonyl (C=O) groups is 1. The van der Waals surface area contributed by atoms with E-state index in [1.54, 1.807) is 0 Å². The van der Waals surface area contributed by atoms with Gasteiger partial charge in [0.15, 0.2) is 0 Å². The molecular formula is C15H20O2. The monoisotopic (exact) mass is 232 g/mol. The minimum atomic E-state index is 0.260. The molecule has 1 atom stereocenters. The lowest BCUT2D eigenvalue weighted by Crippen LogP contribution is -2.35. The molecule has 0 N–H and O–H groups in total. The molecule has 1 heterocycles. The number of rotatable bonds is 2. The Morgan fingerprint density at radius 2 is 2.18 bits per heavy atom. The van der Waals surface area contributed by atoms with Crippen molar-refractivity contribution in [2.45, 2.75) is 39.5 Å². The zero-order valence-corrected chi connectivity index (χ0v) is 10.7. The first-order valence-electron chi connectivity index (χ1n) is 6.64. The molecule has 3 rings (SSSR count). The van der Waals surface area contributed by atoms with Gasteiger partial charge in [-0.2, -0.15) is 0 Å². The smallest absolute Gasteiger partial charge is 0.146 e. The second-order valence-electron chi connectivity index (χ2n) is 6.27. The first-order valence-corrected chi connectivity index (χ1v) is 6.64. The summed E-state index contributed by atoms with van der Waals surface area (Å²) in [5, 5.41) is 0. The van der Waals surface area contributed by atoms with Gasteiger partial charge in [-0.15, -0.1) is 0 Å². The van der Waals surface area contributed by atoms with E-state index in [4.69, 9.17) is 4.74 Å². The SMILES string of the molecule is CC1(C)CCOC2=C(C3CC3)C=C(C=O)CC21. The van der Waals surface area contributed by atoms with Crippen molar-refractivity contribution in [1.82, 2.24) is 0 Å². The van der Waals surface area contributed by atoms with E-state index in [9.17, 15) is 4.79 Å². The van der Waals surface area contributed by atoms with E-state index in [-0.39, 0.29) is 5.41 Å². The first-order chi connectivity index (χ1) is 8.12. The normalized spacial score (nSPS) is 31.4. The highest BCUT2D eigenvalue weighted by molar-refractivity contribution is 5.75. The van der Waals surface area contributed by atoms with Crippen molar-refractivity contribution in [3.05, 3.63) is 23.0 Å². The zero-order chi connectivity index (χ0) is 12.0. The largest absolute Gasteiger partial charge is 0.497 e. The summed E-state index contributed by atoms with van der Waals surface area (Å²) in [4.78, 5) is 11.1. The molecule has 1 aliphatic heterocycles. The first kappa shape index (κ1) is 11.1. The number of aldehydes is 1. The maximum atomic E-state index is 11.1. The summed E-state index contributed by atoms with van der Waals surface area (Å²) >= 11 is 0. The molecule has 0 amide bonds. The van der Waals surface area contributed by atoms with Crippen molar-refractivity contribution in [1.29, 1.82) is 0 Å². The summed E-state index contributed by atoms with van der Waals surface area (Å²) in [6.45, 7) is 5.44. The van der Waals surface area contributed by atoms with Crippen LogP contribution in [-0.4, -0.2) is 12.9 Å². The highest BCUT2D eigenvalue weighted by Crippen LogP contribution is 2.51. The molecular weight excluding hydrogens is 212 g/mol. The van der Waals surface area contributed by atoms with Crippen LogP contribution in [0.5, 0.6) is 0 Å². The third-order valence-corrected chi connectivity index (χ3v) is 4.50. The number of ether oxygens (including phenoxy) is 1. The van der Waals surface area contributed by atoms with Crippen LogP contribution in [0.25, 0.3) is 0 Å². The Morgan fingerprint density at radius 3 is 2.82 bits per heavy atom. The molecule has 0 radical (unpaired) electrons. The predicted molar refractivity (Wildman–Crippen MR) is 66.4 cm³/mol. The number of carbonyl (C=O) groups excluding carboxylic acids is 1. The van der Waals surface area contributed by atoms with Gasteiger partial charge in [-0.3, -0.25) is 4.79 Å². The van der Waals surface area contributed by atoms with Gasteiger partial charge in [0.05, 0.1) is 6.61 Å². The van der Waals surface area contributed by atoms with Gasteiger partial charge in [-0.1, -0.05) is 13.8 Å². The van der Waals surface area contributed by atoms with Gasteiger partial charge in [0.25, 0.3) is 0 Å². The lowest BCUT2D eigenvalue weighted by molar-refractivity contribution is -0.105. The molecule has 0 aromatic rings. The molecule has 92 valence electrons. The number of hydrogen-bond acceptors (Lipinski definition) is 2. The van der Waals surface area contributed by atoms with Crippen molar-refractivity contribution in [2.75, 3.05) is 6.61 Å². The van der Waals surface area contributed by atoms with Crippen LogP contribution in [-0.2, 0) is 9.53 Å². The van der Waals surface area contributed by atoms with Crippen LogP contribution in [0.15, 0.2) is 23.0 Å². The van der Waals surface area contributed by atoms with E-state index in [1.165, 1.54) is 24.2 Å². The lowest BCUT2D eigenvalue weighted by Gasteiger charge is -2.43. The molecule has 1 unspecified atom stereocenters. The van der Waals surface area contributed by atoms with E-state index in [1.807, 2.05) is 0 Å². The van der Waals surface area contributed by atoms with Crippen LogP contribution in [0, 0.1) is 17.3 Å². The van der Waals surface area contributed by atoms with Crippen LogP contribution < -0.4 is 0 Å². The average molecular weight is 232 g/mol. The van der Waals surface area contributed by atoms with Gasteiger partial charge >= 0.3 is 0 Å². The standard InChI is InChI=1S/C15H20O2/c1-15(2)5-6-17-14-12(11-3-4-11)7-10(9-16)8-13(14)15/h7,9,11,13H,3-6,8H2,1-2H3. The fourth-order valence-corrected chi connectivity index (χ4v) is 3.07. The summed E-state index contributed by atoms with van der Waals surface area (Å²) in [6.07, 6.45) is 7.60.